The molecule has 0 aliphatic rings. The number of rotatable bonds is 5. The molecule has 1 N–H and O–H groups in total. The van der Waals surface area contributed by atoms with Crippen LogP contribution in [-0.2, 0) is 4.79 Å². The molecule has 0 spiro atoms. The maximum absolute atomic E-state index is 11.7. The summed E-state index contributed by atoms with van der Waals surface area (Å²) in [5.41, 5.74) is 1.45. The van der Waals surface area contributed by atoms with Gasteiger partial charge in [-0.25, -0.2) is 4.98 Å². The molecule has 2 rings (SSSR count). The van der Waals surface area contributed by atoms with Crippen molar-refractivity contribution in [3.05, 3.63) is 48.0 Å². The van der Waals surface area contributed by atoms with E-state index in [2.05, 4.69) is 4.98 Å². The molecule has 0 unspecified atom stereocenters. The molecule has 1 aromatic carbocycles. The first-order valence-electron chi connectivity index (χ1n) is 5.93. The summed E-state index contributed by atoms with van der Waals surface area (Å²) in [6.07, 6.45) is 3.44. The highest BCUT2D eigenvalue weighted by molar-refractivity contribution is 5.97. The predicted octanol–water partition coefficient (Wildman–Crippen LogP) is 2.23. The molecule has 0 aliphatic carbocycles. The van der Waals surface area contributed by atoms with Crippen LogP contribution in [0.1, 0.15) is 29.0 Å². The summed E-state index contributed by atoms with van der Waals surface area (Å²) < 4.78 is 1.91. The number of carboxylic acid groups (broad SMARTS) is 1. The first-order valence-corrected chi connectivity index (χ1v) is 5.93. The lowest BCUT2D eigenvalue weighted by Gasteiger charge is -2.06. The molecular weight excluding hydrogens is 244 g/mol. The van der Waals surface area contributed by atoms with E-state index in [9.17, 15) is 9.59 Å². The van der Waals surface area contributed by atoms with Gasteiger partial charge in [0.05, 0.1) is 6.42 Å². The van der Waals surface area contributed by atoms with E-state index in [0.717, 1.165) is 11.5 Å². The maximum Gasteiger partial charge on any atom is 0.303 e. The fourth-order valence-electron chi connectivity index (χ4n) is 1.82. The van der Waals surface area contributed by atoms with Crippen LogP contribution < -0.4 is 0 Å². The van der Waals surface area contributed by atoms with Gasteiger partial charge in [0.25, 0.3) is 0 Å². The first-order chi connectivity index (χ1) is 9.08. The van der Waals surface area contributed by atoms with Crippen molar-refractivity contribution >= 4 is 11.8 Å². The van der Waals surface area contributed by atoms with E-state index in [1.165, 1.54) is 0 Å². The van der Waals surface area contributed by atoms with Crippen molar-refractivity contribution < 1.29 is 14.7 Å². The molecule has 0 saturated heterocycles. The Hall–Kier alpha value is -2.43. The number of benzene rings is 1. The highest BCUT2D eigenvalue weighted by Gasteiger charge is 2.09. The van der Waals surface area contributed by atoms with Gasteiger partial charge in [0.15, 0.2) is 5.78 Å². The van der Waals surface area contributed by atoms with Gasteiger partial charge < -0.3 is 9.67 Å². The molecule has 0 saturated carbocycles. The highest BCUT2D eigenvalue weighted by Crippen LogP contribution is 2.13. The summed E-state index contributed by atoms with van der Waals surface area (Å²) in [6.45, 7) is 1.89. The van der Waals surface area contributed by atoms with Crippen molar-refractivity contribution in [1.29, 1.82) is 0 Å². The second-order valence-electron chi connectivity index (χ2n) is 4.21. The van der Waals surface area contributed by atoms with Gasteiger partial charge in [0, 0.05) is 30.1 Å². The molecule has 0 fully saturated rings. The molecule has 0 aliphatic heterocycles. The zero-order valence-electron chi connectivity index (χ0n) is 10.5. The average molecular weight is 258 g/mol. The number of aliphatic carboxylic acids is 1. The number of hydrogen-bond donors (Lipinski definition) is 1. The van der Waals surface area contributed by atoms with E-state index in [1.54, 1.807) is 18.3 Å². The normalized spacial score (nSPS) is 10.4. The summed E-state index contributed by atoms with van der Waals surface area (Å²) in [4.78, 5) is 26.3. The molecule has 0 amide bonds. The minimum Gasteiger partial charge on any atom is -0.481 e. The lowest BCUT2D eigenvalue weighted by Crippen LogP contribution is -2.04. The van der Waals surface area contributed by atoms with Gasteiger partial charge in [0.1, 0.15) is 5.82 Å². The Morgan fingerprint density at radius 2 is 1.89 bits per heavy atom. The predicted molar refractivity (Wildman–Crippen MR) is 69.5 cm³/mol. The SMILES string of the molecule is Cc1nccn1-c1ccc(C(=O)CCC(=O)O)cc1. The van der Waals surface area contributed by atoms with E-state index in [4.69, 9.17) is 5.11 Å². The summed E-state index contributed by atoms with van der Waals surface area (Å²) in [5, 5.41) is 8.55. The highest BCUT2D eigenvalue weighted by atomic mass is 16.4. The summed E-state index contributed by atoms with van der Waals surface area (Å²) in [5.74, 6) is -0.250. The van der Waals surface area contributed by atoms with Crippen LogP contribution >= 0.6 is 0 Å². The van der Waals surface area contributed by atoms with Crippen LogP contribution in [0.5, 0.6) is 0 Å². The fourth-order valence-corrected chi connectivity index (χ4v) is 1.82. The Bertz CT molecular complexity index is 599. The number of imidazole rings is 1. The standard InChI is InChI=1S/C14H14N2O3/c1-10-15-8-9-16(10)12-4-2-11(3-5-12)13(17)6-7-14(18)19/h2-5,8-9H,6-7H2,1H3,(H,18,19). The van der Waals surface area contributed by atoms with Gasteiger partial charge in [-0.05, 0) is 31.2 Å². The van der Waals surface area contributed by atoms with Crippen molar-refractivity contribution in [2.75, 3.05) is 0 Å². The number of ketones is 1. The van der Waals surface area contributed by atoms with Crippen molar-refractivity contribution in [3.63, 3.8) is 0 Å². The molecule has 5 heteroatoms. The van der Waals surface area contributed by atoms with Crippen LogP contribution in [0.15, 0.2) is 36.7 Å². The third-order valence-electron chi connectivity index (χ3n) is 2.86. The Morgan fingerprint density at radius 3 is 2.42 bits per heavy atom. The Kier molecular flexibility index (Phi) is 3.75. The number of Topliss-reactive ketones (excluding diaryl/α,β-unsaturated/α-hetero) is 1. The van der Waals surface area contributed by atoms with Crippen LogP contribution in [0, 0.1) is 6.92 Å². The van der Waals surface area contributed by atoms with E-state index in [0.29, 0.717) is 5.56 Å². The van der Waals surface area contributed by atoms with E-state index < -0.39 is 5.97 Å². The van der Waals surface area contributed by atoms with Gasteiger partial charge in [-0.2, -0.15) is 0 Å². The Balaban J connectivity index is 2.13. The molecule has 0 radical (unpaired) electrons. The molecule has 1 aromatic heterocycles. The number of aryl methyl sites for hydroxylation is 1. The Labute approximate surface area is 110 Å². The van der Waals surface area contributed by atoms with Gasteiger partial charge in [0.2, 0.25) is 0 Å². The monoisotopic (exact) mass is 258 g/mol. The molecule has 1 heterocycles. The van der Waals surface area contributed by atoms with Crippen molar-refractivity contribution in [3.8, 4) is 5.69 Å². The maximum atomic E-state index is 11.7. The first kappa shape index (κ1) is 13.0. The lowest BCUT2D eigenvalue weighted by atomic mass is 10.1. The van der Waals surface area contributed by atoms with Gasteiger partial charge in [-0.1, -0.05) is 0 Å². The quantitative estimate of drug-likeness (QED) is 0.835. The number of carbonyl (C=O) groups excluding carboxylic acids is 1. The largest absolute Gasteiger partial charge is 0.481 e. The molecule has 2 aromatic rings. The van der Waals surface area contributed by atoms with Gasteiger partial charge in [-0.15, -0.1) is 0 Å². The molecule has 5 nitrogen and oxygen atoms in total. The number of hydrogen-bond acceptors (Lipinski definition) is 3. The minimum atomic E-state index is -0.959. The van der Waals surface area contributed by atoms with Crippen LogP contribution in [-0.4, -0.2) is 26.4 Å². The zero-order valence-corrected chi connectivity index (χ0v) is 10.5. The summed E-state index contributed by atoms with van der Waals surface area (Å²) >= 11 is 0. The van der Waals surface area contributed by atoms with E-state index in [1.807, 2.05) is 29.8 Å². The van der Waals surface area contributed by atoms with Crippen LogP contribution in [0.4, 0.5) is 0 Å². The third-order valence-corrected chi connectivity index (χ3v) is 2.86. The van der Waals surface area contributed by atoms with Gasteiger partial charge in [-0.3, -0.25) is 9.59 Å². The smallest absolute Gasteiger partial charge is 0.303 e. The van der Waals surface area contributed by atoms with Crippen molar-refractivity contribution in [1.82, 2.24) is 9.55 Å². The lowest BCUT2D eigenvalue weighted by molar-refractivity contribution is -0.136. The molecule has 0 atom stereocenters. The topological polar surface area (TPSA) is 72.2 Å². The van der Waals surface area contributed by atoms with E-state index in [-0.39, 0.29) is 18.6 Å². The second kappa shape index (κ2) is 5.48. The zero-order chi connectivity index (χ0) is 13.8. The van der Waals surface area contributed by atoms with Crippen molar-refractivity contribution in [2.24, 2.45) is 0 Å². The summed E-state index contributed by atoms with van der Waals surface area (Å²) in [6, 6.07) is 7.06. The third kappa shape index (κ3) is 3.07. The van der Waals surface area contributed by atoms with E-state index >= 15 is 0 Å². The van der Waals surface area contributed by atoms with Gasteiger partial charge >= 0.3 is 5.97 Å². The number of carbonyl (C=O) groups is 2. The molecule has 0 bridgehead atoms. The minimum absolute atomic E-state index is 0.0266. The fraction of sp³-hybridized carbons (Fsp3) is 0.214. The molecular formula is C14H14N2O3. The number of carboxylic acids is 1. The summed E-state index contributed by atoms with van der Waals surface area (Å²) in [7, 11) is 0. The Morgan fingerprint density at radius 1 is 1.21 bits per heavy atom. The second-order valence-corrected chi connectivity index (χ2v) is 4.21. The van der Waals surface area contributed by atoms with Crippen LogP contribution in [0.25, 0.3) is 5.69 Å². The van der Waals surface area contributed by atoms with Crippen molar-refractivity contribution in [2.45, 2.75) is 19.8 Å². The van der Waals surface area contributed by atoms with Crippen LogP contribution in [0.2, 0.25) is 0 Å². The molecule has 98 valence electrons. The molecule has 19 heavy (non-hydrogen) atoms. The van der Waals surface area contributed by atoms with Crippen LogP contribution in [0.3, 0.4) is 0 Å². The average Bonchev–Trinajstić information content (AvgIpc) is 2.82. The number of nitrogens with zero attached hydrogens (tertiary/aromatic N) is 2. The number of aromatic nitrogens is 2.